The Balaban J connectivity index is 2.46. The summed E-state index contributed by atoms with van der Waals surface area (Å²) in [5.41, 5.74) is 2.41. The van der Waals surface area contributed by atoms with Crippen molar-refractivity contribution in [3.05, 3.63) is 10.2 Å². The molecule has 1 aliphatic rings. The quantitative estimate of drug-likeness (QED) is 0.370. The van der Waals surface area contributed by atoms with Gasteiger partial charge >= 0.3 is 0 Å². The molecular formula is C22H40BrNO3Si. The molecule has 0 amide bonds. The van der Waals surface area contributed by atoms with Crippen molar-refractivity contribution in [2.45, 2.75) is 103 Å². The molecule has 1 aromatic rings. The number of halogens is 1. The van der Waals surface area contributed by atoms with Crippen molar-refractivity contribution in [3.8, 4) is 5.95 Å². The van der Waals surface area contributed by atoms with Gasteiger partial charge in [0.2, 0.25) is 0 Å². The molecule has 1 atom stereocenters. The molecular weight excluding hydrogens is 434 g/mol. The number of nitrogens with zero attached hydrogens (tertiary/aromatic N) is 1. The molecule has 2 heterocycles. The van der Waals surface area contributed by atoms with Gasteiger partial charge < -0.3 is 18.5 Å². The second-order valence-electron chi connectivity index (χ2n) is 9.69. The number of ether oxygens (including phenoxy) is 1. The zero-order valence-corrected chi connectivity index (χ0v) is 22.1. The van der Waals surface area contributed by atoms with Gasteiger partial charge in [-0.25, -0.2) is 0 Å². The topological polar surface area (TPSA) is 34.8 Å². The minimum atomic E-state index is -2.08. The van der Waals surface area contributed by atoms with Crippen molar-refractivity contribution in [3.63, 3.8) is 0 Å². The Kier molecular flexibility index (Phi) is 7.42. The molecule has 0 spiro atoms. The molecule has 2 rings (SSSR count). The number of hydrogen-bond donors (Lipinski definition) is 0. The molecule has 28 heavy (non-hydrogen) atoms. The molecule has 1 saturated heterocycles. The molecule has 0 saturated carbocycles. The van der Waals surface area contributed by atoms with E-state index in [4.69, 9.17) is 13.6 Å². The largest absolute Gasteiger partial charge is 0.517 e. The molecule has 0 aromatic carbocycles. The normalized spacial score (nSPS) is 18.8. The van der Waals surface area contributed by atoms with Crippen molar-refractivity contribution in [1.29, 1.82) is 0 Å². The fourth-order valence-electron chi connectivity index (χ4n) is 5.28. The first-order chi connectivity index (χ1) is 12.9. The summed E-state index contributed by atoms with van der Waals surface area (Å²) < 4.78 is 19.9. The van der Waals surface area contributed by atoms with E-state index in [1.165, 1.54) is 0 Å². The van der Waals surface area contributed by atoms with Crippen LogP contribution in [0.15, 0.2) is 8.89 Å². The molecule has 1 aliphatic heterocycles. The Bertz CT molecular complexity index is 647. The SMILES string of the molecule is COC(C)(C)[C@@H]1CCCN1c1c(C)oc(O[Si](C(C)C)(C(C)C)C(C)C)c1Br. The van der Waals surface area contributed by atoms with Gasteiger partial charge in [-0.3, -0.25) is 0 Å². The molecule has 4 nitrogen and oxygen atoms in total. The van der Waals surface area contributed by atoms with Crippen molar-refractivity contribution < 1.29 is 13.6 Å². The Hall–Kier alpha value is -0.463. The summed E-state index contributed by atoms with van der Waals surface area (Å²) in [5.74, 6) is 1.58. The van der Waals surface area contributed by atoms with Gasteiger partial charge in [0.25, 0.3) is 14.3 Å². The van der Waals surface area contributed by atoms with E-state index in [2.05, 4.69) is 76.2 Å². The number of aryl methyl sites for hydroxylation is 1. The lowest BCUT2D eigenvalue weighted by molar-refractivity contribution is 0.00187. The Morgan fingerprint density at radius 3 is 2.11 bits per heavy atom. The molecule has 0 bridgehead atoms. The van der Waals surface area contributed by atoms with Crippen LogP contribution in [0.5, 0.6) is 5.95 Å². The van der Waals surface area contributed by atoms with Crippen LogP contribution in [0.1, 0.15) is 74.0 Å². The third kappa shape index (κ3) is 4.06. The van der Waals surface area contributed by atoms with Crippen LogP contribution in [0.3, 0.4) is 0 Å². The monoisotopic (exact) mass is 473 g/mol. The predicted octanol–water partition coefficient (Wildman–Crippen LogP) is 7.30. The average Bonchev–Trinajstić information content (AvgIpc) is 3.16. The van der Waals surface area contributed by atoms with Crippen molar-refractivity contribution in [2.75, 3.05) is 18.6 Å². The van der Waals surface area contributed by atoms with Crippen LogP contribution in [0.4, 0.5) is 5.69 Å². The summed E-state index contributed by atoms with van der Waals surface area (Å²) in [6, 6.07) is 0.320. The fraction of sp³-hybridized carbons (Fsp3) is 0.818. The maximum absolute atomic E-state index is 6.85. The highest BCUT2D eigenvalue weighted by molar-refractivity contribution is 9.10. The number of anilines is 1. The minimum absolute atomic E-state index is 0.215. The average molecular weight is 475 g/mol. The highest BCUT2D eigenvalue weighted by Crippen LogP contribution is 2.49. The van der Waals surface area contributed by atoms with Crippen LogP contribution in [-0.2, 0) is 4.74 Å². The highest BCUT2D eigenvalue weighted by atomic mass is 79.9. The fourth-order valence-corrected chi connectivity index (χ4v) is 11.3. The highest BCUT2D eigenvalue weighted by Gasteiger charge is 2.49. The van der Waals surface area contributed by atoms with Crippen molar-refractivity contribution >= 4 is 29.9 Å². The van der Waals surface area contributed by atoms with Crippen molar-refractivity contribution in [2.24, 2.45) is 0 Å². The third-order valence-corrected chi connectivity index (χ3v) is 13.5. The van der Waals surface area contributed by atoms with Crippen LogP contribution in [0.2, 0.25) is 16.6 Å². The first-order valence-electron chi connectivity index (χ1n) is 10.7. The lowest BCUT2D eigenvalue weighted by atomic mass is 9.96. The van der Waals surface area contributed by atoms with Gasteiger partial charge in [0.05, 0.1) is 17.3 Å². The summed E-state index contributed by atoms with van der Waals surface area (Å²) in [4.78, 5) is 2.45. The van der Waals surface area contributed by atoms with Crippen LogP contribution in [0, 0.1) is 6.92 Å². The van der Waals surface area contributed by atoms with Gasteiger partial charge in [-0.1, -0.05) is 41.5 Å². The summed E-state index contributed by atoms with van der Waals surface area (Å²) in [7, 11) is -0.275. The van der Waals surface area contributed by atoms with E-state index in [1.807, 2.05) is 6.92 Å². The summed E-state index contributed by atoms with van der Waals surface area (Å²) >= 11 is 3.85. The van der Waals surface area contributed by atoms with Crippen LogP contribution in [-0.4, -0.2) is 33.6 Å². The number of hydrogen-bond acceptors (Lipinski definition) is 4. The molecule has 1 fully saturated rings. The van der Waals surface area contributed by atoms with E-state index in [9.17, 15) is 0 Å². The summed E-state index contributed by atoms with van der Waals surface area (Å²) in [6.07, 6.45) is 2.28. The van der Waals surface area contributed by atoms with Crippen LogP contribution >= 0.6 is 15.9 Å². The maximum Gasteiger partial charge on any atom is 0.287 e. The van der Waals surface area contributed by atoms with Crippen LogP contribution < -0.4 is 9.33 Å². The van der Waals surface area contributed by atoms with E-state index in [0.717, 1.165) is 35.3 Å². The van der Waals surface area contributed by atoms with Gasteiger partial charge in [-0.15, -0.1) is 0 Å². The first kappa shape index (κ1) is 23.8. The molecule has 0 N–H and O–H groups in total. The standard InChI is InChI=1S/C22H40BrNO3Si/c1-14(2)28(15(3)4,16(5)6)27-21-19(23)20(17(7)26-21)24-13-11-12-18(24)22(8,9)25-10/h14-16,18H,11-13H2,1-10H3/t18-/m0/s1. The maximum atomic E-state index is 6.85. The third-order valence-electron chi connectivity index (χ3n) is 6.81. The van der Waals surface area contributed by atoms with Gasteiger partial charge in [0.15, 0.2) is 0 Å². The Morgan fingerprint density at radius 2 is 1.64 bits per heavy atom. The van der Waals surface area contributed by atoms with E-state index in [-0.39, 0.29) is 5.60 Å². The second kappa shape index (κ2) is 8.72. The smallest absolute Gasteiger partial charge is 0.287 e. The second-order valence-corrected chi connectivity index (χ2v) is 15.9. The summed E-state index contributed by atoms with van der Waals surface area (Å²) in [5, 5.41) is 0. The zero-order chi connectivity index (χ0) is 21.4. The van der Waals surface area contributed by atoms with Gasteiger partial charge in [0.1, 0.15) is 10.2 Å². The lowest BCUT2D eigenvalue weighted by Crippen LogP contribution is -2.50. The van der Waals surface area contributed by atoms with E-state index < -0.39 is 8.32 Å². The zero-order valence-electron chi connectivity index (χ0n) is 19.5. The first-order valence-corrected chi connectivity index (χ1v) is 13.6. The number of rotatable bonds is 8. The van der Waals surface area contributed by atoms with E-state index in [0.29, 0.717) is 28.6 Å². The van der Waals surface area contributed by atoms with Gasteiger partial charge in [-0.2, -0.15) is 0 Å². The predicted molar refractivity (Wildman–Crippen MR) is 124 cm³/mol. The molecule has 1 aromatic heterocycles. The molecule has 0 radical (unpaired) electrons. The van der Waals surface area contributed by atoms with Crippen molar-refractivity contribution in [1.82, 2.24) is 0 Å². The van der Waals surface area contributed by atoms with Crippen LogP contribution in [0.25, 0.3) is 0 Å². The lowest BCUT2D eigenvalue weighted by Gasteiger charge is -2.41. The minimum Gasteiger partial charge on any atom is -0.517 e. The van der Waals surface area contributed by atoms with Gasteiger partial charge in [-0.05, 0) is 66.2 Å². The Labute approximate surface area is 181 Å². The van der Waals surface area contributed by atoms with Gasteiger partial charge in [0, 0.05) is 13.7 Å². The Morgan fingerprint density at radius 1 is 1.11 bits per heavy atom. The molecule has 6 heteroatoms. The number of furan rings is 1. The molecule has 0 aliphatic carbocycles. The summed E-state index contributed by atoms with van der Waals surface area (Å²) in [6.45, 7) is 21.2. The van der Waals surface area contributed by atoms with E-state index >= 15 is 0 Å². The molecule has 162 valence electrons. The molecule has 0 unspecified atom stereocenters. The number of methoxy groups -OCH3 is 1. The van der Waals surface area contributed by atoms with E-state index in [1.54, 1.807) is 7.11 Å².